The van der Waals surface area contributed by atoms with Crippen LogP contribution in [0.15, 0.2) is 48.5 Å². The van der Waals surface area contributed by atoms with E-state index in [-0.39, 0.29) is 0 Å². The fourth-order valence-corrected chi connectivity index (χ4v) is 1.91. The predicted molar refractivity (Wildman–Crippen MR) is 80.5 cm³/mol. The molecule has 0 saturated carbocycles. The molecule has 2 aromatic rings. The van der Waals surface area contributed by atoms with E-state index in [0.29, 0.717) is 0 Å². The van der Waals surface area contributed by atoms with Gasteiger partial charge in [0.1, 0.15) is 5.75 Å². The molecule has 4 heteroatoms. The van der Waals surface area contributed by atoms with Crippen molar-refractivity contribution in [1.29, 1.82) is 0 Å². The van der Waals surface area contributed by atoms with Crippen molar-refractivity contribution in [1.82, 2.24) is 0 Å². The summed E-state index contributed by atoms with van der Waals surface area (Å²) in [5.74, 6) is 0.825. The molecule has 0 aromatic heterocycles. The average Bonchev–Trinajstić information content (AvgIpc) is 2.46. The first-order valence-electron chi connectivity index (χ1n) is 6.28. The Hall–Kier alpha value is -2.36. The largest absolute Gasteiger partial charge is 0.495 e. The van der Waals surface area contributed by atoms with E-state index in [9.17, 15) is 0 Å². The monoisotopic (exact) mass is 257 g/mol. The Balaban J connectivity index is 2.28. The fourth-order valence-electron chi connectivity index (χ4n) is 1.91. The zero-order valence-corrected chi connectivity index (χ0v) is 11.3. The standard InChI is InChI=1S/C15H19N3O/c1-3-18(14-10-6-7-11-15(14)19-2)17-13-9-5-4-8-12(13)16/h4-11,17H,3,16H2,1-2H3. The van der Waals surface area contributed by atoms with Gasteiger partial charge in [-0.1, -0.05) is 24.3 Å². The van der Waals surface area contributed by atoms with Crippen LogP contribution in [0.5, 0.6) is 5.75 Å². The van der Waals surface area contributed by atoms with Gasteiger partial charge < -0.3 is 10.5 Å². The summed E-state index contributed by atoms with van der Waals surface area (Å²) in [6, 6.07) is 15.6. The average molecular weight is 257 g/mol. The Bertz CT molecular complexity index is 542. The van der Waals surface area contributed by atoms with E-state index >= 15 is 0 Å². The van der Waals surface area contributed by atoms with Gasteiger partial charge in [-0.3, -0.25) is 10.4 Å². The van der Waals surface area contributed by atoms with E-state index in [1.165, 1.54) is 0 Å². The third kappa shape index (κ3) is 2.91. The van der Waals surface area contributed by atoms with Crippen molar-refractivity contribution in [3.8, 4) is 5.75 Å². The Labute approximate surface area is 113 Å². The van der Waals surface area contributed by atoms with Crippen LogP contribution in [0, 0.1) is 0 Å². The molecule has 0 saturated heterocycles. The molecule has 0 fully saturated rings. The van der Waals surface area contributed by atoms with Crippen molar-refractivity contribution in [2.45, 2.75) is 6.92 Å². The summed E-state index contributed by atoms with van der Waals surface area (Å²) >= 11 is 0. The minimum absolute atomic E-state index is 0.718. The van der Waals surface area contributed by atoms with E-state index < -0.39 is 0 Å². The Morgan fingerprint density at radius 1 is 1.11 bits per heavy atom. The van der Waals surface area contributed by atoms with Gasteiger partial charge in [-0.2, -0.15) is 0 Å². The van der Waals surface area contributed by atoms with E-state index in [2.05, 4.69) is 12.3 Å². The third-order valence-corrected chi connectivity index (χ3v) is 2.91. The molecular weight excluding hydrogens is 238 g/mol. The highest BCUT2D eigenvalue weighted by atomic mass is 16.5. The topological polar surface area (TPSA) is 50.5 Å². The molecule has 0 aliphatic heterocycles. The lowest BCUT2D eigenvalue weighted by Gasteiger charge is -2.27. The SMILES string of the molecule is CCN(Nc1ccccc1N)c1ccccc1OC. The van der Waals surface area contributed by atoms with E-state index in [1.807, 2.05) is 53.5 Å². The molecule has 0 bridgehead atoms. The van der Waals surface area contributed by atoms with Gasteiger partial charge in [0.2, 0.25) is 0 Å². The van der Waals surface area contributed by atoms with Gasteiger partial charge in [-0.05, 0) is 31.2 Å². The number of nitrogens with two attached hydrogens (primary N) is 1. The summed E-state index contributed by atoms with van der Waals surface area (Å²) in [5.41, 5.74) is 11.9. The summed E-state index contributed by atoms with van der Waals surface area (Å²) in [5, 5.41) is 2.00. The number of hydrogen-bond donors (Lipinski definition) is 2. The molecule has 2 rings (SSSR count). The molecule has 0 atom stereocenters. The van der Waals surface area contributed by atoms with E-state index in [0.717, 1.165) is 29.4 Å². The third-order valence-electron chi connectivity index (χ3n) is 2.91. The molecule has 0 aliphatic rings. The number of nitrogens with one attached hydrogen (secondary N) is 1. The van der Waals surface area contributed by atoms with E-state index in [1.54, 1.807) is 7.11 Å². The quantitative estimate of drug-likeness (QED) is 0.638. The minimum Gasteiger partial charge on any atom is -0.495 e. The summed E-state index contributed by atoms with van der Waals surface area (Å²) in [4.78, 5) is 0. The molecule has 4 nitrogen and oxygen atoms in total. The molecule has 2 aromatic carbocycles. The number of hydrogen-bond acceptors (Lipinski definition) is 4. The van der Waals surface area contributed by atoms with Gasteiger partial charge >= 0.3 is 0 Å². The molecule has 19 heavy (non-hydrogen) atoms. The zero-order valence-electron chi connectivity index (χ0n) is 11.3. The molecule has 0 spiro atoms. The van der Waals surface area contributed by atoms with Gasteiger partial charge in [0.15, 0.2) is 0 Å². The van der Waals surface area contributed by atoms with Crippen LogP contribution in [-0.2, 0) is 0 Å². The summed E-state index contributed by atoms with van der Waals surface area (Å²) in [7, 11) is 1.67. The first-order chi connectivity index (χ1) is 9.26. The number of methoxy groups -OCH3 is 1. The molecule has 0 unspecified atom stereocenters. The maximum atomic E-state index is 5.95. The van der Waals surface area contributed by atoms with Crippen LogP contribution in [-0.4, -0.2) is 13.7 Å². The normalized spacial score (nSPS) is 10.0. The van der Waals surface area contributed by atoms with Crippen LogP contribution < -0.4 is 20.9 Å². The van der Waals surface area contributed by atoms with Gasteiger partial charge in [0.25, 0.3) is 0 Å². The van der Waals surface area contributed by atoms with Crippen molar-refractivity contribution in [3.63, 3.8) is 0 Å². The summed E-state index contributed by atoms with van der Waals surface area (Å²) < 4.78 is 5.38. The fraction of sp³-hybridized carbons (Fsp3) is 0.200. The van der Waals surface area contributed by atoms with Crippen molar-refractivity contribution < 1.29 is 4.74 Å². The van der Waals surface area contributed by atoms with Crippen LogP contribution in [0.4, 0.5) is 17.1 Å². The Kier molecular flexibility index (Phi) is 4.13. The van der Waals surface area contributed by atoms with Crippen LogP contribution in [0.25, 0.3) is 0 Å². The number of anilines is 3. The van der Waals surface area contributed by atoms with Gasteiger partial charge in [0.05, 0.1) is 24.2 Å². The molecule has 0 aliphatic carbocycles. The number of rotatable bonds is 5. The highest BCUT2D eigenvalue weighted by Crippen LogP contribution is 2.28. The van der Waals surface area contributed by atoms with Crippen molar-refractivity contribution in [2.24, 2.45) is 0 Å². The Morgan fingerprint density at radius 3 is 2.47 bits per heavy atom. The van der Waals surface area contributed by atoms with Crippen LogP contribution >= 0.6 is 0 Å². The predicted octanol–water partition coefficient (Wildman–Crippen LogP) is 3.13. The number of nitrogens with zero attached hydrogens (tertiary/aromatic N) is 1. The van der Waals surface area contributed by atoms with Crippen LogP contribution in [0.1, 0.15) is 6.92 Å². The summed E-state index contributed by atoms with van der Waals surface area (Å²) in [6.45, 7) is 2.85. The second-order valence-electron chi connectivity index (χ2n) is 4.12. The smallest absolute Gasteiger partial charge is 0.143 e. The van der Waals surface area contributed by atoms with Gasteiger partial charge in [-0.15, -0.1) is 0 Å². The summed E-state index contributed by atoms with van der Waals surface area (Å²) in [6.07, 6.45) is 0. The first kappa shape index (κ1) is 13.1. The molecule has 0 amide bonds. The number of benzene rings is 2. The van der Waals surface area contributed by atoms with Crippen molar-refractivity contribution in [3.05, 3.63) is 48.5 Å². The lowest BCUT2D eigenvalue weighted by atomic mass is 10.2. The first-order valence-corrected chi connectivity index (χ1v) is 6.28. The Morgan fingerprint density at radius 2 is 1.79 bits per heavy atom. The van der Waals surface area contributed by atoms with Gasteiger partial charge in [0, 0.05) is 6.54 Å². The number of ether oxygens (including phenoxy) is 1. The van der Waals surface area contributed by atoms with Crippen LogP contribution in [0.3, 0.4) is 0 Å². The molecule has 100 valence electrons. The molecule has 3 N–H and O–H groups in total. The zero-order chi connectivity index (χ0) is 13.7. The molecule has 0 heterocycles. The van der Waals surface area contributed by atoms with Gasteiger partial charge in [-0.25, -0.2) is 0 Å². The molecule has 0 radical (unpaired) electrons. The maximum Gasteiger partial charge on any atom is 0.143 e. The second kappa shape index (κ2) is 6.00. The number of hydrazine groups is 1. The highest BCUT2D eigenvalue weighted by Gasteiger charge is 2.10. The van der Waals surface area contributed by atoms with Crippen molar-refractivity contribution in [2.75, 3.05) is 29.8 Å². The highest BCUT2D eigenvalue weighted by molar-refractivity contribution is 5.70. The molecular formula is C15H19N3O. The van der Waals surface area contributed by atoms with E-state index in [4.69, 9.17) is 10.5 Å². The lowest BCUT2D eigenvalue weighted by molar-refractivity contribution is 0.415. The van der Waals surface area contributed by atoms with Crippen LogP contribution in [0.2, 0.25) is 0 Å². The lowest BCUT2D eigenvalue weighted by Crippen LogP contribution is -2.30. The second-order valence-corrected chi connectivity index (χ2v) is 4.12. The van der Waals surface area contributed by atoms with Crippen molar-refractivity contribution >= 4 is 17.1 Å². The number of para-hydroxylation sites is 4. The number of nitrogen functional groups attached to an aromatic ring is 1. The maximum absolute atomic E-state index is 5.95. The minimum atomic E-state index is 0.718.